The van der Waals surface area contributed by atoms with E-state index in [0.29, 0.717) is 21.6 Å². The Morgan fingerprint density at radius 1 is 1.20 bits per heavy atom. The van der Waals surface area contributed by atoms with Gasteiger partial charge in [-0.15, -0.1) is 0 Å². The first-order valence-corrected chi connectivity index (χ1v) is 8.14. The van der Waals surface area contributed by atoms with Gasteiger partial charge in [0.25, 0.3) is 5.91 Å². The molecule has 0 unspecified atom stereocenters. The topological polar surface area (TPSA) is 46.9 Å². The van der Waals surface area contributed by atoms with Gasteiger partial charge in [-0.05, 0) is 36.4 Å². The van der Waals surface area contributed by atoms with Gasteiger partial charge >= 0.3 is 6.55 Å². The lowest BCUT2D eigenvalue weighted by atomic mass is 10.1. The number of aromatic nitrogens is 2. The van der Waals surface area contributed by atoms with Gasteiger partial charge in [0.1, 0.15) is 5.82 Å². The number of hydrogen-bond acceptors (Lipinski definition) is 2. The Hall–Kier alpha value is -2.47. The summed E-state index contributed by atoms with van der Waals surface area (Å²) in [6.45, 7) is -0.753. The molecule has 0 bridgehead atoms. The first-order chi connectivity index (χ1) is 12.0. The monoisotopic (exact) mass is 363 g/mol. The van der Waals surface area contributed by atoms with E-state index in [9.17, 15) is 13.6 Å². The van der Waals surface area contributed by atoms with Crippen LogP contribution in [0.25, 0.3) is 11.0 Å². The molecule has 0 aliphatic carbocycles. The minimum absolute atomic E-state index is 0.192. The van der Waals surface area contributed by atoms with E-state index in [2.05, 4.69) is 10.3 Å². The fourth-order valence-electron chi connectivity index (χ4n) is 2.66. The number of nitrogens with zero attached hydrogens (tertiary/aromatic N) is 2. The van der Waals surface area contributed by atoms with Gasteiger partial charge in [0, 0.05) is 23.0 Å². The lowest BCUT2D eigenvalue weighted by molar-refractivity contribution is 0.0704. The highest BCUT2D eigenvalue weighted by molar-refractivity contribution is 6.30. The van der Waals surface area contributed by atoms with Crippen molar-refractivity contribution < 1.29 is 13.6 Å². The zero-order valence-electron chi connectivity index (χ0n) is 13.4. The van der Waals surface area contributed by atoms with Gasteiger partial charge in [0.2, 0.25) is 0 Å². The number of carbonyl (C=O) groups is 1. The predicted molar refractivity (Wildman–Crippen MR) is 93.2 cm³/mol. The molecule has 3 aromatic rings. The molecule has 1 heterocycles. The van der Waals surface area contributed by atoms with Crippen LogP contribution in [0.2, 0.25) is 5.02 Å². The molecule has 0 fully saturated rings. The molecule has 0 saturated heterocycles. The molecule has 1 amide bonds. The fourth-order valence-corrected chi connectivity index (χ4v) is 2.78. The molecule has 0 aliphatic heterocycles. The minimum Gasteiger partial charge on any atom is -0.351 e. The van der Waals surface area contributed by atoms with Gasteiger partial charge in [-0.2, -0.15) is 8.78 Å². The Morgan fingerprint density at radius 3 is 2.56 bits per heavy atom. The quantitative estimate of drug-likeness (QED) is 0.719. The Kier molecular flexibility index (Phi) is 4.99. The Morgan fingerprint density at radius 2 is 1.88 bits per heavy atom. The fraction of sp³-hybridized carbons (Fsp3) is 0.222. The van der Waals surface area contributed by atoms with Crippen molar-refractivity contribution in [3.8, 4) is 0 Å². The van der Waals surface area contributed by atoms with Gasteiger partial charge < -0.3 is 5.32 Å². The highest BCUT2D eigenvalue weighted by atomic mass is 35.5. The number of fused-ring (bicyclic) bond motifs is 1. The third-order valence-corrected chi connectivity index (χ3v) is 4.19. The largest absolute Gasteiger partial charge is 0.351 e. The molecule has 0 aliphatic rings. The minimum atomic E-state index is -2.70. The summed E-state index contributed by atoms with van der Waals surface area (Å²) in [7, 11) is 0. The van der Waals surface area contributed by atoms with Crippen molar-refractivity contribution in [2.24, 2.45) is 0 Å². The van der Waals surface area contributed by atoms with Crippen molar-refractivity contribution in [2.75, 3.05) is 6.54 Å². The third kappa shape index (κ3) is 3.64. The molecule has 1 N–H and O–H groups in total. The van der Waals surface area contributed by atoms with Crippen LogP contribution in [-0.2, 0) is 0 Å². The van der Waals surface area contributed by atoms with E-state index >= 15 is 0 Å². The average Bonchev–Trinajstić information content (AvgIpc) is 2.99. The second-order valence-electron chi connectivity index (χ2n) is 5.72. The van der Waals surface area contributed by atoms with Gasteiger partial charge in [-0.1, -0.05) is 30.7 Å². The van der Waals surface area contributed by atoms with Gasteiger partial charge in [-0.3, -0.25) is 9.36 Å². The van der Waals surface area contributed by atoms with Crippen molar-refractivity contribution in [1.29, 1.82) is 0 Å². The maximum atomic E-state index is 13.5. The standard InChI is InChI=1S/C18H16ClF2N3O/c1-11(10-22-17(25)12-6-8-13(19)9-7-12)16-23-14-4-2-3-5-15(14)24(16)18(20)21/h2-9,11,18H,10H2,1H3,(H,22,25)/t11-/m0/s1. The lowest BCUT2D eigenvalue weighted by Crippen LogP contribution is -2.28. The van der Waals surface area contributed by atoms with E-state index in [1.54, 1.807) is 55.5 Å². The molecule has 0 saturated carbocycles. The SMILES string of the molecule is C[C@@H](CNC(=O)c1ccc(Cl)cc1)c1nc2ccccc2n1C(F)F. The smallest absolute Gasteiger partial charge is 0.320 e. The van der Waals surface area contributed by atoms with Crippen molar-refractivity contribution in [3.05, 3.63) is 64.9 Å². The predicted octanol–water partition coefficient (Wildman–Crippen LogP) is 4.62. The number of benzene rings is 2. The van der Waals surface area contributed by atoms with Gasteiger partial charge in [0.15, 0.2) is 0 Å². The number of amides is 1. The molecule has 0 spiro atoms. The number of para-hydroxylation sites is 2. The van der Waals surface area contributed by atoms with Crippen LogP contribution >= 0.6 is 11.6 Å². The molecular weight excluding hydrogens is 348 g/mol. The summed E-state index contributed by atoms with van der Waals surface area (Å²) in [6, 6.07) is 13.2. The molecule has 0 radical (unpaired) electrons. The number of hydrogen-bond donors (Lipinski definition) is 1. The van der Waals surface area contributed by atoms with Crippen LogP contribution in [0.4, 0.5) is 8.78 Å². The van der Waals surface area contributed by atoms with E-state index in [1.165, 1.54) is 0 Å². The Balaban J connectivity index is 1.78. The second-order valence-corrected chi connectivity index (χ2v) is 6.16. The van der Waals surface area contributed by atoms with E-state index in [-0.39, 0.29) is 24.2 Å². The summed E-state index contributed by atoms with van der Waals surface area (Å²) in [5, 5.41) is 3.28. The Labute approximate surface area is 148 Å². The molecule has 1 aromatic heterocycles. The first kappa shape index (κ1) is 17.4. The van der Waals surface area contributed by atoms with Crippen molar-refractivity contribution in [3.63, 3.8) is 0 Å². The summed E-state index contributed by atoms with van der Waals surface area (Å²) < 4.78 is 27.9. The maximum Gasteiger partial charge on any atom is 0.320 e. The summed E-state index contributed by atoms with van der Waals surface area (Å²) in [4.78, 5) is 16.5. The molecule has 7 heteroatoms. The summed E-state index contributed by atoms with van der Waals surface area (Å²) in [6.07, 6.45) is 0. The number of imidazole rings is 1. The molecule has 1 atom stereocenters. The lowest BCUT2D eigenvalue weighted by Gasteiger charge is -2.15. The maximum absolute atomic E-state index is 13.5. The summed E-state index contributed by atoms with van der Waals surface area (Å²) in [5.41, 5.74) is 1.34. The highest BCUT2D eigenvalue weighted by Gasteiger charge is 2.22. The van der Waals surface area contributed by atoms with Gasteiger partial charge in [0.05, 0.1) is 11.0 Å². The van der Waals surface area contributed by atoms with Crippen molar-refractivity contribution >= 4 is 28.5 Å². The number of rotatable bonds is 5. The van der Waals surface area contributed by atoms with Crippen molar-refractivity contribution in [2.45, 2.75) is 19.4 Å². The third-order valence-electron chi connectivity index (χ3n) is 3.93. The van der Waals surface area contributed by atoms with Crippen LogP contribution in [0.3, 0.4) is 0 Å². The number of alkyl halides is 2. The molecular formula is C18H16ClF2N3O. The van der Waals surface area contributed by atoms with Crippen LogP contribution in [0, 0.1) is 0 Å². The first-order valence-electron chi connectivity index (χ1n) is 7.76. The molecule has 2 aromatic carbocycles. The van der Waals surface area contributed by atoms with Crippen LogP contribution in [-0.4, -0.2) is 22.0 Å². The highest BCUT2D eigenvalue weighted by Crippen LogP contribution is 2.27. The summed E-state index contributed by atoms with van der Waals surface area (Å²) in [5.74, 6) is -0.423. The second kappa shape index (κ2) is 7.19. The molecule has 3 rings (SSSR count). The van der Waals surface area contributed by atoms with E-state index < -0.39 is 6.55 Å². The number of carbonyl (C=O) groups excluding carboxylic acids is 1. The zero-order chi connectivity index (χ0) is 18.0. The van der Waals surface area contributed by atoms with Gasteiger partial charge in [-0.25, -0.2) is 4.98 Å². The summed E-state index contributed by atoms with van der Waals surface area (Å²) >= 11 is 5.80. The van der Waals surface area contributed by atoms with E-state index in [4.69, 9.17) is 11.6 Å². The Bertz CT molecular complexity index is 893. The van der Waals surface area contributed by atoms with Crippen LogP contribution in [0.15, 0.2) is 48.5 Å². The number of halogens is 3. The molecule has 4 nitrogen and oxygen atoms in total. The van der Waals surface area contributed by atoms with E-state index in [0.717, 1.165) is 4.57 Å². The molecule has 25 heavy (non-hydrogen) atoms. The van der Waals surface area contributed by atoms with E-state index in [1.807, 2.05) is 0 Å². The number of nitrogens with one attached hydrogen (secondary N) is 1. The van der Waals surface area contributed by atoms with Crippen LogP contribution < -0.4 is 5.32 Å². The molecule has 130 valence electrons. The normalized spacial score (nSPS) is 12.5. The zero-order valence-corrected chi connectivity index (χ0v) is 14.2. The van der Waals surface area contributed by atoms with Crippen LogP contribution in [0.1, 0.15) is 35.6 Å². The van der Waals surface area contributed by atoms with Crippen molar-refractivity contribution in [1.82, 2.24) is 14.9 Å². The average molecular weight is 364 g/mol. The van der Waals surface area contributed by atoms with Crippen LogP contribution in [0.5, 0.6) is 0 Å².